The van der Waals surface area contributed by atoms with Gasteiger partial charge in [0.15, 0.2) is 0 Å². The SMILES string of the molecule is CC.CC.CCc1cc(C)ccc1N. The van der Waals surface area contributed by atoms with E-state index in [1.165, 1.54) is 11.1 Å². The van der Waals surface area contributed by atoms with Gasteiger partial charge in [0.25, 0.3) is 0 Å². The second-order valence-corrected chi connectivity index (χ2v) is 2.56. The summed E-state index contributed by atoms with van der Waals surface area (Å²) in [4.78, 5) is 0. The van der Waals surface area contributed by atoms with Crippen molar-refractivity contribution in [2.24, 2.45) is 0 Å². The van der Waals surface area contributed by atoms with Crippen molar-refractivity contribution in [3.63, 3.8) is 0 Å². The van der Waals surface area contributed by atoms with E-state index in [9.17, 15) is 0 Å². The lowest BCUT2D eigenvalue weighted by molar-refractivity contribution is 1.14. The molecule has 82 valence electrons. The summed E-state index contributed by atoms with van der Waals surface area (Å²) < 4.78 is 0. The maximum atomic E-state index is 5.70. The van der Waals surface area contributed by atoms with Gasteiger partial charge >= 0.3 is 0 Å². The predicted octanol–water partition coefficient (Wildman–Crippen LogP) is 4.19. The average molecular weight is 195 g/mol. The summed E-state index contributed by atoms with van der Waals surface area (Å²) in [5.41, 5.74) is 9.14. The number of anilines is 1. The van der Waals surface area contributed by atoms with Crippen LogP contribution in [0.5, 0.6) is 0 Å². The van der Waals surface area contributed by atoms with Crippen LogP contribution in [0.4, 0.5) is 5.69 Å². The molecule has 1 aromatic rings. The molecule has 14 heavy (non-hydrogen) atoms. The minimum absolute atomic E-state index is 0.910. The third kappa shape index (κ3) is 5.63. The molecule has 0 amide bonds. The summed E-state index contributed by atoms with van der Waals surface area (Å²) in [6, 6.07) is 6.14. The lowest BCUT2D eigenvalue weighted by Gasteiger charge is -2.02. The Kier molecular flexibility index (Phi) is 11.2. The highest BCUT2D eigenvalue weighted by molar-refractivity contribution is 5.48. The summed E-state index contributed by atoms with van der Waals surface area (Å²) in [6.07, 6.45) is 1.02. The van der Waals surface area contributed by atoms with E-state index >= 15 is 0 Å². The minimum atomic E-state index is 0.910. The van der Waals surface area contributed by atoms with Gasteiger partial charge in [0, 0.05) is 5.69 Å². The van der Waals surface area contributed by atoms with Crippen molar-refractivity contribution in [1.29, 1.82) is 0 Å². The first-order valence-electron chi connectivity index (χ1n) is 5.59. The van der Waals surface area contributed by atoms with Crippen LogP contribution < -0.4 is 5.73 Å². The lowest BCUT2D eigenvalue weighted by Crippen LogP contribution is -1.92. The molecule has 0 unspecified atom stereocenters. The van der Waals surface area contributed by atoms with Gasteiger partial charge in [-0.05, 0) is 25.0 Å². The molecule has 0 aliphatic rings. The summed E-state index contributed by atoms with van der Waals surface area (Å²) in [7, 11) is 0. The van der Waals surface area contributed by atoms with Crippen molar-refractivity contribution < 1.29 is 0 Å². The van der Waals surface area contributed by atoms with Gasteiger partial charge in [-0.15, -0.1) is 0 Å². The largest absolute Gasteiger partial charge is 0.399 e. The van der Waals surface area contributed by atoms with E-state index in [4.69, 9.17) is 5.73 Å². The maximum Gasteiger partial charge on any atom is 0.0346 e. The summed E-state index contributed by atoms with van der Waals surface area (Å²) in [5.74, 6) is 0. The molecule has 0 heterocycles. The predicted molar refractivity (Wildman–Crippen MR) is 67.7 cm³/mol. The Hall–Kier alpha value is -0.980. The molecule has 0 aliphatic heterocycles. The first-order chi connectivity index (χ1) is 6.74. The van der Waals surface area contributed by atoms with Crippen LogP contribution in [0.1, 0.15) is 45.7 Å². The third-order valence-corrected chi connectivity index (χ3v) is 1.68. The number of aryl methyl sites for hydroxylation is 2. The normalized spacial score (nSPS) is 7.86. The van der Waals surface area contributed by atoms with Crippen LogP contribution in [-0.4, -0.2) is 0 Å². The monoisotopic (exact) mass is 195 g/mol. The Morgan fingerprint density at radius 1 is 1.07 bits per heavy atom. The van der Waals surface area contributed by atoms with Gasteiger partial charge in [-0.2, -0.15) is 0 Å². The van der Waals surface area contributed by atoms with Gasteiger partial charge in [-0.25, -0.2) is 0 Å². The van der Waals surface area contributed by atoms with E-state index < -0.39 is 0 Å². The molecule has 0 aliphatic carbocycles. The standard InChI is InChI=1S/C9H13N.2C2H6/c1-3-8-6-7(2)4-5-9(8)10;2*1-2/h4-6H,3,10H2,1-2H3;2*1-2H3. The van der Waals surface area contributed by atoms with E-state index in [0.29, 0.717) is 0 Å². The highest BCUT2D eigenvalue weighted by atomic mass is 14.6. The van der Waals surface area contributed by atoms with Crippen LogP contribution in [0.15, 0.2) is 18.2 Å². The molecule has 2 N–H and O–H groups in total. The van der Waals surface area contributed by atoms with E-state index in [0.717, 1.165) is 12.1 Å². The van der Waals surface area contributed by atoms with Crippen LogP contribution in [0.25, 0.3) is 0 Å². The molecule has 1 rings (SSSR count). The first-order valence-corrected chi connectivity index (χ1v) is 5.59. The zero-order valence-electron chi connectivity index (χ0n) is 10.5. The molecule has 0 bridgehead atoms. The van der Waals surface area contributed by atoms with Gasteiger partial charge in [0.2, 0.25) is 0 Å². The number of hydrogen-bond donors (Lipinski definition) is 1. The topological polar surface area (TPSA) is 26.0 Å². The van der Waals surface area contributed by atoms with Gasteiger partial charge in [0.05, 0.1) is 0 Å². The van der Waals surface area contributed by atoms with Gasteiger partial charge < -0.3 is 5.73 Å². The molecule has 0 saturated heterocycles. The fourth-order valence-corrected chi connectivity index (χ4v) is 1.04. The summed E-state index contributed by atoms with van der Waals surface area (Å²) in [5, 5.41) is 0. The van der Waals surface area contributed by atoms with Crippen LogP contribution in [-0.2, 0) is 6.42 Å². The Morgan fingerprint density at radius 3 is 1.93 bits per heavy atom. The van der Waals surface area contributed by atoms with Gasteiger partial charge in [-0.3, -0.25) is 0 Å². The molecule has 0 atom stereocenters. The highest BCUT2D eigenvalue weighted by Gasteiger charge is 1.94. The Labute approximate surface area is 89.3 Å². The second kappa shape index (κ2) is 10.1. The lowest BCUT2D eigenvalue weighted by atomic mass is 10.1. The summed E-state index contributed by atoms with van der Waals surface area (Å²) in [6.45, 7) is 12.2. The van der Waals surface area contributed by atoms with Crippen LogP contribution in [0.3, 0.4) is 0 Å². The molecule has 0 aromatic heterocycles. The van der Waals surface area contributed by atoms with Crippen LogP contribution in [0.2, 0.25) is 0 Å². The highest BCUT2D eigenvalue weighted by Crippen LogP contribution is 2.13. The van der Waals surface area contributed by atoms with E-state index in [1.54, 1.807) is 0 Å². The average Bonchev–Trinajstić information content (AvgIpc) is 2.27. The van der Waals surface area contributed by atoms with Gasteiger partial charge in [-0.1, -0.05) is 52.3 Å². The summed E-state index contributed by atoms with van der Waals surface area (Å²) >= 11 is 0. The molecule has 1 nitrogen and oxygen atoms in total. The number of nitrogens with two attached hydrogens (primary N) is 1. The number of benzene rings is 1. The smallest absolute Gasteiger partial charge is 0.0346 e. The quantitative estimate of drug-likeness (QED) is 0.668. The van der Waals surface area contributed by atoms with E-state index in [-0.39, 0.29) is 0 Å². The fraction of sp³-hybridized carbons (Fsp3) is 0.538. The number of nitrogen functional groups attached to an aromatic ring is 1. The second-order valence-electron chi connectivity index (χ2n) is 2.56. The van der Waals surface area contributed by atoms with Gasteiger partial charge in [0.1, 0.15) is 0 Å². The maximum absolute atomic E-state index is 5.70. The molecular formula is C13H25N. The van der Waals surface area contributed by atoms with Crippen molar-refractivity contribution in [1.82, 2.24) is 0 Å². The minimum Gasteiger partial charge on any atom is -0.399 e. The van der Waals surface area contributed by atoms with Crippen molar-refractivity contribution in [3.8, 4) is 0 Å². The zero-order chi connectivity index (χ0) is 11.6. The number of rotatable bonds is 1. The molecule has 0 spiro atoms. The Morgan fingerprint density at radius 2 is 1.57 bits per heavy atom. The molecule has 0 radical (unpaired) electrons. The van der Waals surface area contributed by atoms with Crippen molar-refractivity contribution in [2.45, 2.75) is 48.0 Å². The first kappa shape index (κ1) is 15.5. The molecule has 0 fully saturated rings. The third-order valence-electron chi connectivity index (χ3n) is 1.68. The van der Waals surface area contributed by atoms with Crippen LogP contribution >= 0.6 is 0 Å². The fourth-order valence-electron chi connectivity index (χ4n) is 1.04. The van der Waals surface area contributed by atoms with Crippen molar-refractivity contribution in [2.75, 3.05) is 5.73 Å². The van der Waals surface area contributed by atoms with Crippen molar-refractivity contribution >= 4 is 5.69 Å². The van der Waals surface area contributed by atoms with E-state index in [2.05, 4.69) is 19.9 Å². The van der Waals surface area contributed by atoms with Crippen LogP contribution in [0, 0.1) is 6.92 Å². The van der Waals surface area contributed by atoms with E-state index in [1.807, 2.05) is 39.8 Å². The zero-order valence-corrected chi connectivity index (χ0v) is 10.5. The number of hydrogen-bond acceptors (Lipinski definition) is 1. The molecule has 1 heteroatoms. The Balaban J connectivity index is 0. The molecule has 0 saturated carbocycles. The molecule has 1 aromatic carbocycles. The van der Waals surface area contributed by atoms with Crippen molar-refractivity contribution in [3.05, 3.63) is 29.3 Å². The Bertz CT molecular complexity index is 229. The molecular weight excluding hydrogens is 170 g/mol.